The highest BCUT2D eigenvalue weighted by atomic mass is 79.9. The summed E-state index contributed by atoms with van der Waals surface area (Å²) in [5.41, 5.74) is 2.08. The molecule has 1 aliphatic rings. The highest BCUT2D eigenvalue weighted by molar-refractivity contribution is 9.10. The van der Waals surface area contributed by atoms with Crippen LogP contribution in [0.3, 0.4) is 0 Å². The van der Waals surface area contributed by atoms with Crippen molar-refractivity contribution >= 4 is 28.9 Å². The standard InChI is InChI=1S/C20H32BrFN6O/c1-3-18-20(21)19(28(23)26-18)7-5-4-6-12-29-17-8-10-27(11-9-17)15-25-14-16(22)13-24-2/h13-14,17H,2-12,15,23H2,1H3/b16-13+,25-14-. The zero-order chi connectivity index (χ0) is 21.1. The van der Waals surface area contributed by atoms with Gasteiger partial charge in [-0.15, -0.1) is 0 Å². The van der Waals surface area contributed by atoms with Crippen LogP contribution >= 0.6 is 15.9 Å². The molecule has 0 unspecified atom stereocenters. The molecule has 29 heavy (non-hydrogen) atoms. The Labute approximate surface area is 181 Å². The van der Waals surface area contributed by atoms with Crippen LogP contribution < -0.4 is 5.84 Å². The van der Waals surface area contributed by atoms with Gasteiger partial charge in [0.05, 0.1) is 41.0 Å². The molecule has 0 bridgehead atoms. The van der Waals surface area contributed by atoms with E-state index in [2.05, 4.69) is 49.6 Å². The van der Waals surface area contributed by atoms with E-state index in [1.165, 1.54) is 11.0 Å². The normalized spacial score (nSPS) is 16.7. The second-order valence-electron chi connectivity index (χ2n) is 7.15. The van der Waals surface area contributed by atoms with Gasteiger partial charge in [0.1, 0.15) is 0 Å². The van der Waals surface area contributed by atoms with Gasteiger partial charge < -0.3 is 10.6 Å². The molecule has 1 fully saturated rings. The number of aliphatic imine (C=N–C) groups is 2. The first-order chi connectivity index (χ1) is 14.0. The molecule has 2 rings (SSSR count). The summed E-state index contributed by atoms with van der Waals surface area (Å²) in [5, 5.41) is 4.33. The smallest absolute Gasteiger partial charge is 0.159 e. The summed E-state index contributed by atoms with van der Waals surface area (Å²) in [6.45, 7) is 8.41. The van der Waals surface area contributed by atoms with Gasteiger partial charge in [0, 0.05) is 19.7 Å². The van der Waals surface area contributed by atoms with E-state index in [4.69, 9.17) is 10.6 Å². The Kier molecular flexibility index (Phi) is 10.5. The minimum atomic E-state index is -0.479. The van der Waals surface area contributed by atoms with Crippen LogP contribution in [0.5, 0.6) is 0 Å². The molecule has 1 aromatic rings. The molecule has 0 atom stereocenters. The number of nitrogens with zero attached hydrogens (tertiary/aromatic N) is 5. The molecular weight excluding hydrogens is 439 g/mol. The van der Waals surface area contributed by atoms with E-state index in [0.29, 0.717) is 12.8 Å². The lowest BCUT2D eigenvalue weighted by Gasteiger charge is -2.30. The maximum atomic E-state index is 13.1. The third-order valence-corrected chi connectivity index (χ3v) is 5.92. The molecule has 7 nitrogen and oxygen atoms in total. The lowest BCUT2D eigenvalue weighted by Crippen LogP contribution is -2.37. The largest absolute Gasteiger partial charge is 0.378 e. The number of likely N-dealkylation sites (tertiary alicyclic amines) is 1. The lowest BCUT2D eigenvalue weighted by molar-refractivity contribution is 0.00656. The Morgan fingerprint density at radius 2 is 2.14 bits per heavy atom. The molecule has 2 heterocycles. The summed E-state index contributed by atoms with van der Waals surface area (Å²) in [7, 11) is 0. The number of nitrogen functional groups attached to an aromatic ring is 1. The van der Waals surface area contributed by atoms with Gasteiger partial charge in [-0.3, -0.25) is 14.9 Å². The van der Waals surface area contributed by atoms with Crippen LogP contribution in [0, 0.1) is 0 Å². The molecule has 1 aromatic heterocycles. The van der Waals surface area contributed by atoms with Crippen molar-refractivity contribution in [3.8, 4) is 0 Å². The van der Waals surface area contributed by atoms with Crippen LogP contribution in [0.4, 0.5) is 4.39 Å². The molecule has 0 aliphatic carbocycles. The fourth-order valence-electron chi connectivity index (χ4n) is 3.35. The van der Waals surface area contributed by atoms with Crippen LogP contribution in [-0.2, 0) is 17.6 Å². The fraction of sp³-hybridized carbons (Fsp3) is 0.650. The number of allylic oxidation sites excluding steroid dienone is 1. The average molecular weight is 471 g/mol. The number of hydrogen-bond donors (Lipinski definition) is 1. The number of rotatable bonds is 12. The molecule has 2 N–H and O–H groups in total. The van der Waals surface area contributed by atoms with Gasteiger partial charge >= 0.3 is 0 Å². The minimum Gasteiger partial charge on any atom is -0.378 e. The van der Waals surface area contributed by atoms with Crippen molar-refractivity contribution in [2.75, 3.05) is 32.2 Å². The van der Waals surface area contributed by atoms with Crippen molar-refractivity contribution in [1.82, 2.24) is 14.8 Å². The zero-order valence-electron chi connectivity index (χ0n) is 17.2. The fourth-order valence-corrected chi connectivity index (χ4v) is 4.09. The molecule has 9 heteroatoms. The number of unbranched alkanes of at least 4 members (excludes halogenated alkanes) is 2. The van der Waals surface area contributed by atoms with E-state index in [0.717, 1.165) is 86.7 Å². The van der Waals surface area contributed by atoms with Crippen LogP contribution in [0.15, 0.2) is 26.5 Å². The first kappa shape index (κ1) is 23.7. The van der Waals surface area contributed by atoms with E-state index in [9.17, 15) is 4.39 Å². The Hall–Kier alpha value is -1.58. The molecule has 1 saturated heterocycles. The minimum absolute atomic E-state index is 0.309. The number of halogens is 2. The van der Waals surface area contributed by atoms with Gasteiger partial charge in [-0.2, -0.15) is 9.89 Å². The van der Waals surface area contributed by atoms with Gasteiger partial charge in [-0.05, 0) is 61.2 Å². The van der Waals surface area contributed by atoms with Crippen molar-refractivity contribution < 1.29 is 9.13 Å². The van der Waals surface area contributed by atoms with Gasteiger partial charge in [0.15, 0.2) is 5.83 Å². The predicted octanol–water partition coefficient (Wildman–Crippen LogP) is 3.66. The zero-order valence-corrected chi connectivity index (χ0v) is 18.8. The maximum absolute atomic E-state index is 13.1. The van der Waals surface area contributed by atoms with Crippen molar-refractivity contribution in [3.63, 3.8) is 0 Å². The molecule has 0 saturated carbocycles. The number of aromatic nitrogens is 2. The third kappa shape index (κ3) is 7.98. The van der Waals surface area contributed by atoms with Crippen molar-refractivity contribution in [1.29, 1.82) is 0 Å². The summed E-state index contributed by atoms with van der Waals surface area (Å²) < 4.78 is 20.2. The summed E-state index contributed by atoms with van der Waals surface area (Å²) in [6, 6.07) is 0. The summed E-state index contributed by atoms with van der Waals surface area (Å²) in [5.74, 6) is 5.46. The molecule has 0 radical (unpaired) electrons. The second-order valence-corrected chi connectivity index (χ2v) is 7.95. The Bertz CT molecular complexity index is 697. The Balaban J connectivity index is 1.54. The third-order valence-electron chi connectivity index (χ3n) is 5.00. The molecule has 0 aromatic carbocycles. The van der Waals surface area contributed by atoms with Crippen molar-refractivity contribution in [3.05, 3.63) is 27.9 Å². The van der Waals surface area contributed by atoms with E-state index < -0.39 is 5.83 Å². The summed E-state index contributed by atoms with van der Waals surface area (Å²) >= 11 is 3.60. The lowest BCUT2D eigenvalue weighted by atomic mass is 10.1. The number of piperidine rings is 1. The predicted molar refractivity (Wildman–Crippen MR) is 120 cm³/mol. The first-order valence-corrected chi connectivity index (χ1v) is 11.0. The van der Waals surface area contributed by atoms with E-state index >= 15 is 0 Å². The van der Waals surface area contributed by atoms with E-state index in [1.807, 2.05) is 0 Å². The van der Waals surface area contributed by atoms with Gasteiger partial charge in [0.25, 0.3) is 0 Å². The number of aryl methyl sites for hydroxylation is 1. The van der Waals surface area contributed by atoms with Gasteiger partial charge in [-0.25, -0.2) is 4.39 Å². The molecule has 162 valence electrons. The molecule has 0 spiro atoms. The summed E-state index contributed by atoms with van der Waals surface area (Å²) in [4.78, 5) is 11.2. The molecular formula is C20H32BrFN6O. The maximum Gasteiger partial charge on any atom is 0.159 e. The highest BCUT2D eigenvalue weighted by Gasteiger charge is 2.19. The SMILES string of the molecule is C=N/C=C(F)\C=N/CN1CCC(OCCCCCc2c(Br)c(CC)nn2N)CC1. The quantitative estimate of drug-likeness (QED) is 0.287. The molecule has 1 aliphatic heterocycles. The van der Waals surface area contributed by atoms with Crippen LogP contribution in [0.25, 0.3) is 0 Å². The van der Waals surface area contributed by atoms with Crippen LogP contribution in [0.1, 0.15) is 50.4 Å². The summed E-state index contributed by atoms with van der Waals surface area (Å²) in [6.07, 6.45) is 9.53. The first-order valence-electron chi connectivity index (χ1n) is 10.2. The monoisotopic (exact) mass is 470 g/mol. The van der Waals surface area contributed by atoms with Crippen LogP contribution in [0.2, 0.25) is 0 Å². The van der Waals surface area contributed by atoms with Crippen LogP contribution in [-0.4, -0.2) is 60.2 Å². The van der Waals surface area contributed by atoms with Crippen molar-refractivity contribution in [2.45, 2.75) is 58.0 Å². The Morgan fingerprint density at radius 3 is 2.79 bits per heavy atom. The van der Waals surface area contributed by atoms with Gasteiger partial charge in [-0.1, -0.05) is 13.3 Å². The number of ether oxygens (including phenoxy) is 1. The number of hydrogen-bond acceptors (Lipinski definition) is 6. The van der Waals surface area contributed by atoms with E-state index in [-0.39, 0.29) is 0 Å². The Morgan fingerprint density at radius 1 is 1.38 bits per heavy atom. The topological polar surface area (TPSA) is 81.0 Å². The number of nitrogens with two attached hydrogens (primary N) is 1. The van der Waals surface area contributed by atoms with Crippen molar-refractivity contribution in [2.24, 2.45) is 9.98 Å². The molecule has 0 amide bonds. The van der Waals surface area contributed by atoms with Gasteiger partial charge in [0.2, 0.25) is 0 Å². The second kappa shape index (κ2) is 12.9. The average Bonchev–Trinajstić information content (AvgIpc) is 2.99. The highest BCUT2D eigenvalue weighted by Crippen LogP contribution is 2.22. The van der Waals surface area contributed by atoms with E-state index in [1.54, 1.807) is 0 Å².